The van der Waals surface area contributed by atoms with E-state index < -0.39 is 27.8 Å². The first-order valence-electron chi connectivity index (χ1n) is 11.8. The van der Waals surface area contributed by atoms with E-state index in [9.17, 15) is 18.0 Å². The lowest BCUT2D eigenvalue weighted by atomic mass is 9.94. The van der Waals surface area contributed by atoms with Crippen LogP contribution in [-0.2, 0) is 24.3 Å². The second kappa shape index (κ2) is 10.0. The van der Waals surface area contributed by atoms with Crippen molar-refractivity contribution in [2.75, 3.05) is 6.61 Å². The number of nitrogens with zero attached hydrogens (tertiary/aromatic N) is 1. The zero-order valence-corrected chi connectivity index (χ0v) is 22.4. The van der Waals surface area contributed by atoms with E-state index in [0.717, 1.165) is 39.4 Å². The van der Waals surface area contributed by atoms with Crippen molar-refractivity contribution in [1.29, 1.82) is 0 Å². The fourth-order valence-corrected chi connectivity index (χ4v) is 5.55. The number of ether oxygens (including phenoxy) is 2. The van der Waals surface area contributed by atoms with Gasteiger partial charge < -0.3 is 9.47 Å². The Hall–Kier alpha value is -2.87. The van der Waals surface area contributed by atoms with Gasteiger partial charge in [-0.3, -0.25) is 4.79 Å². The Morgan fingerprint density at radius 3 is 2.00 bits per heavy atom. The minimum absolute atomic E-state index is 0.0464. The summed E-state index contributed by atoms with van der Waals surface area (Å²) >= 11 is 0. The maximum Gasteiger partial charge on any atom is 0.425 e. The van der Waals surface area contributed by atoms with E-state index in [-0.39, 0.29) is 23.4 Å². The van der Waals surface area contributed by atoms with Gasteiger partial charge in [0, 0.05) is 0 Å². The summed E-state index contributed by atoms with van der Waals surface area (Å²) in [6.45, 7) is 12.2. The minimum atomic E-state index is -4.37. The van der Waals surface area contributed by atoms with Crippen LogP contribution in [0.25, 0.3) is 0 Å². The molecule has 35 heavy (non-hydrogen) atoms. The third-order valence-corrected chi connectivity index (χ3v) is 7.59. The van der Waals surface area contributed by atoms with Gasteiger partial charge in [0.15, 0.2) is 0 Å². The lowest BCUT2D eigenvalue weighted by Gasteiger charge is -2.34. The van der Waals surface area contributed by atoms with Crippen LogP contribution in [0.4, 0.5) is 4.79 Å². The molecule has 1 atom stereocenters. The number of amides is 1. The van der Waals surface area contributed by atoms with Gasteiger partial charge >= 0.3 is 12.1 Å². The van der Waals surface area contributed by atoms with Gasteiger partial charge in [-0.05, 0) is 90.1 Å². The Balaban J connectivity index is 2.18. The first kappa shape index (κ1) is 26.7. The molecule has 0 heterocycles. The van der Waals surface area contributed by atoms with Crippen LogP contribution in [0.2, 0.25) is 0 Å². The normalized spacial score (nSPS) is 14.8. The maximum absolute atomic E-state index is 14.0. The second-order valence-corrected chi connectivity index (χ2v) is 12.1. The van der Waals surface area contributed by atoms with Gasteiger partial charge in [-0.15, -0.1) is 0 Å². The molecule has 1 amide bonds. The third kappa shape index (κ3) is 6.42. The molecule has 8 heteroatoms. The van der Waals surface area contributed by atoms with Crippen LogP contribution in [0.15, 0.2) is 41.3 Å². The number of sulfonamides is 1. The molecular weight excluding hydrogens is 466 g/mol. The fourth-order valence-electron chi connectivity index (χ4n) is 4.11. The molecule has 1 aliphatic carbocycles. The molecule has 0 spiro atoms. The molecule has 1 aliphatic rings. The van der Waals surface area contributed by atoms with E-state index in [2.05, 4.69) is 0 Å². The lowest BCUT2D eigenvalue weighted by molar-refractivity contribution is -0.146. The molecule has 3 rings (SSSR count). The van der Waals surface area contributed by atoms with E-state index in [4.69, 9.17) is 9.47 Å². The van der Waals surface area contributed by atoms with Crippen LogP contribution in [0.3, 0.4) is 0 Å². The highest BCUT2D eigenvalue weighted by atomic mass is 32.2. The third-order valence-electron chi connectivity index (χ3n) is 5.80. The molecule has 2 aromatic rings. The molecule has 0 unspecified atom stereocenters. The van der Waals surface area contributed by atoms with Crippen molar-refractivity contribution < 1.29 is 27.5 Å². The number of benzene rings is 2. The molecular formula is C27H35NO6S. The van der Waals surface area contributed by atoms with Gasteiger partial charge in [-0.1, -0.05) is 35.4 Å². The quantitative estimate of drug-likeness (QED) is 0.463. The summed E-state index contributed by atoms with van der Waals surface area (Å²) in [7, 11) is -4.37. The Morgan fingerprint density at radius 2 is 1.51 bits per heavy atom. The molecule has 0 bridgehead atoms. The summed E-state index contributed by atoms with van der Waals surface area (Å²) in [5.74, 6) is -0.547. The first-order valence-corrected chi connectivity index (χ1v) is 13.2. The summed E-state index contributed by atoms with van der Waals surface area (Å²) < 4.78 is 39.8. The lowest BCUT2D eigenvalue weighted by Crippen LogP contribution is -2.45. The number of hydrogen-bond acceptors (Lipinski definition) is 6. The standard InChI is InChI=1S/C27H35NO6S/c1-17-8-12-22(13-9-17)35(31,32)28(26(30)34-27(5,6)7)23(16-33-25(29)21-10-11-21)24-19(3)14-18(2)15-20(24)4/h8-9,12-15,21,23H,10-11,16H2,1-7H3/t23-/m0/s1. The largest absolute Gasteiger partial charge is 0.463 e. The van der Waals surface area contributed by atoms with Gasteiger partial charge in [0.2, 0.25) is 0 Å². The van der Waals surface area contributed by atoms with E-state index in [1.165, 1.54) is 12.1 Å². The Kier molecular flexibility index (Phi) is 7.65. The van der Waals surface area contributed by atoms with Gasteiger partial charge in [0.25, 0.3) is 10.0 Å². The predicted molar refractivity (Wildman–Crippen MR) is 134 cm³/mol. The molecule has 1 saturated carbocycles. The van der Waals surface area contributed by atoms with E-state index in [0.29, 0.717) is 5.56 Å². The van der Waals surface area contributed by atoms with Crippen LogP contribution >= 0.6 is 0 Å². The Bertz CT molecular complexity index is 1180. The summed E-state index contributed by atoms with van der Waals surface area (Å²) in [5.41, 5.74) is 3.15. The molecule has 0 aromatic heterocycles. The highest BCUT2D eigenvalue weighted by molar-refractivity contribution is 7.89. The zero-order chi connectivity index (χ0) is 26.1. The molecule has 2 aromatic carbocycles. The monoisotopic (exact) mass is 501 g/mol. The second-order valence-electron chi connectivity index (χ2n) is 10.3. The van der Waals surface area contributed by atoms with Gasteiger partial charge in [-0.2, -0.15) is 4.31 Å². The van der Waals surface area contributed by atoms with Crippen LogP contribution in [-0.4, -0.2) is 37.0 Å². The van der Waals surface area contributed by atoms with Crippen molar-refractivity contribution in [3.8, 4) is 0 Å². The van der Waals surface area contributed by atoms with E-state index in [1.54, 1.807) is 32.9 Å². The van der Waals surface area contributed by atoms with E-state index >= 15 is 0 Å². The van der Waals surface area contributed by atoms with Crippen LogP contribution < -0.4 is 0 Å². The minimum Gasteiger partial charge on any atom is -0.463 e. The van der Waals surface area contributed by atoms with Crippen molar-refractivity contribution in [1.82, 2.24) is 4.31 Å². The first-order chi connectivity index (χ1) is 16.2. The average molecular weight is 502 g/mol. The number of carbonyl (C=O) groups is 2. The molecule has 190 valence electrons. The van der Waals surface area contributed by atoms with E-state index in [1.807, 2.05) is 39.8 Å². The molecule has 1 fully saturated rings. The molecule has 0 N–H and O–H groups in total. The SMILES string of the molecule is Cc1ccc(S(=O)(=O)N(C(=O)OC(C)(C)C)[C@@H](COC(=O)C2CC2)c2c(C)cc(C)cc2C)cc1. The van der Waals surface area contributed by atoms with Gasteiger partial charge in [0.1, 0.15) is 18.2 Å². The van der Waals surface area contributed by atoms with Crippen LogP contribution in [0.1, 0.15) is 67.5 Å². The predicted octanol–water partition coefficient (Wildman–Crippen LogP) is 5.54. The van der Waals surface area contributed by atoms with Crippen molar-refractivity contribution >= 4 is 22.1 Å². The fraction of sp³-hybridized carbons (Fsp3) is 0.481. The highest BCUT2D eigenvalue weighted by Gasteiger charge is 2.42. The summed E-state index contributed by atoms with van der Waals surface area (Å²) in [4.78, 5) is 25.9. The molecule has 0 radical (unpaired) electrons. The van der Waals surface area contributed by atoms with Gasteiger partial charge in [-0.25, -0.2) is 13.2 Å². The molecule has 7 nitrogen and oxygen atoms in total. The number of hydrogen-bond donors (Lipinski definition) is 0. The Labute approximate surface area is 208 Å². The van der Waals surface area contributed by atoms with Gasteiger partial charge in [0.05, 0.1) is 10.8 Å². The van der Waals surface area contributed by atoms with Crippen molar-refractivity contribution in [2.45, 2.75) is 77.8 Å². The number of rotatable bonds is 7. The smallest absolute Gasteiger partial charge is 0.425 e. The van der Waals surface area contributed by atoms with Crippen molar-refractivity contribution in [3.63, 3.8) is 0 Å². The summed E-state index contributed by atoms with van der Waals surface area (Å²) in [6.07, 6.45) is 0.484. The average Bonchev–Trinajstić information content (AvgIpc) is 3.55. The zero-order valence-electron chi connectivity index (χ0n) is 21.5. The number of esters is 1. The number of carbonyl (C=O) groups excluding carboxylic acids is 2. The van der Waals surface area contributed by atoms with Crippen LogP contribution in [0, 0.1) is 33.6 Å². The maximum atomic E-state index is 14.0. The van der Waals surface area contributed by atoms with Crippen molar-refractivity contribution in [3.05, 3.63) is 64.2 Å². The van der Waals surface area contributed by atoms with Crippen molar-refractivity contribution in [2.24, 2.45) is 5.92 Å². The topological polar surface area (TPSA) is 90.0 Å². The molecule has 0 aliphatic heterocycles. The summed E-state index contributed by atoms with van der Waals surface area (Å²) in [5, 5.41) is 0. The molecule has 0 saturated heterocycles. The highest BCUT2D eigenvalue weighted by Crippen LogP contribution is 2.36. The summed E-state index contributed by atoms with van der Waals surface area (Å²) in [6, 6.07) is 9.01. The van der Waals surface area contributed by atoms with Crippen LogP contribution in [0.5, 0.6) is 0 Å². The Morgan fingerprint density at radius 1 is 0.971 bits per heavy atom. The number of aryl methyl sites for hydroxylation is 4.